The Bertz CT molecular complexity index is 733. The highest BCUT2D eigenvalue weighted by atomic mass is 19.1. The minimum Gasteiger partial charge on any atom is -0.255 e. The number of allylic oxidation sites excluding steroid dienone is 10. The van der Waals surface area contributed by atoms with Crippen molar-refractivity contribution in [2.24, 2.45) is 0 Å². The molecule has 0 atom stereocenters. The summed E-state index contributed by atoms with van der Waals surface area (Å²) in [7, 11) is 0.500. The zero-order valence-electron chi connectivity index (χ0n) is 17.4. The fourth-order valence-electron chi connectivity index (χ4n) is 2.48. The molecule has 0 aliphatic rings. The molecule has 1 aromatic rings. The zero-order chi connectivity index (χ0) is 20.1. The molecule has 0 N–H and O–H groups in total. The number of hydrogen-bond donors (Lipinski definition) is 0. The average molecular weight is 353 g/mol. The number of benzene rings is 1. The van der Waals surface area contributed by atoms with Crippen LogP contribution in [0.3, 0.4) is 0 Å². The van der Waals surface area contributed by atoms with Crippen molar-refractivity contribution in [1.82, 2.24) is 0 Å². The van der Waals surface area contributed by atoms with E-state index < -0.39 is 0 Å². The summed E-state index contributed by atoms with van der Waals surface area (Å²) in [5.41, 5.74) is 8.38. The molecule has 0 aliphatic carbocycles. The van der Waals surface area contributed by atoms with Crippen LogP contribution in [0.2, 0.25) is 0 Å². The molecule has 0 aromatic heterocycles. The van der Waals surface area contributed by atoms with Gasteiger partial charge in [0, 0.05) is 0 Å². The van der Waals surface area contributed by atoms with Gasteiger partial charge in [-0.25, -0.2) is 0 Å². The number of alkyl halides is 1. The maximum absolute atomic E-state index is 9.50. The van der Waals surface area contributed by atoms with Crippen LogP contribution in [0.15, 0.2) is 72.4 Å². The summed E-state index contributed by atoms with van der Waals surface area (Å²) < 4.78 is 9.50. The molecule has 0 fully saturated rings. The van der Waals surface area contributed by atoms with Gasteiger partial charge in [-0.05, 0) is 81.0 Å². The normalized spacial score (nSPS) is 12.2. The molecule has 0 bridgehead atoms. The molecule has 0 radical (unpaired) electrons. The summed E-state index contributed by atoms with van der Waals surface area (Å²) in [6.45, 7) is 16.9. The van der Waals surface area contributed by atoms with Crippen LogP contribution in [0, 0.1) is 0 Å². The summed E-state index contributed by atoms with van der Waals surface area (Å²) in [5.74, 6) is 0. The maximum Gasteiger partial charge on any atom is 0.0785 e. The Kier molecular flexibility index (Phi) is 11.7. The summed E-state index contributed by atoms with van der Waals surface area (Å²) in [5, 5.41) is 0. The largest absolute Gasteiger partial charge is 0.255 e. The lowest BCUT2D eigenvalue weighted by molar-refractivity contribution is 0.636. The van der Waals surface area contributed by atoms with E-state index in [-0.39, 0.29) is 0 Å². The van der Waals surface area contributed by atoms with Gasteiger partial charge >= 0.3 is 0 Å². The first-order valence-corrected chi connectivity index (χ1v) is 8.89. The van der Waals surface area contributed by atoms with E-state index in [1.165, 1.54) is 27.8 Å². The first-order valence-electron chi connectivity index (χ1n) is 8.89. The highest BCUT2D eigenvalue weighted by Crippen LogP contribution is 2.29. The van der Waals surface area contributed by atoms with Gasteiger partial charge in [-0.15, -0.1) is 0 Å². The Labute approximate surface area is 159 Å². The van der Waals surface area contributed by atoms with Crippen molar-refractivity contribution in [3.8, 4) is 0 Å². The predicted octanol–water partition coefficient (Wildman–Crippen LogP) is 8.21. The van der Waals surface area contributed by atoms with Crippen molar-refractivity contribution in [3.63, 3.8) is 0 Å². The molecule has 0 unspecified atom stereocenters. The lowest BCUT2D eigenvalue weighted by Gasteiger charge is -2.13. The SMILES string of the molecule is C=C(C(/C=C\C)=C/C)c1cc(/C(C)=C/C=C(C)C)ccc1/C=C\C.CF. The van der Waals surface area contributed by atoms with Gasteiger partial charge < -0.3 is 0 Å². The Morgan fingerprint density at radius 3 is 2.12 bits per heavy atom. The molecule has 1 aromatic carbocycles. The molecular weight excluding hydrogens is 319 g/mol. The van der Waals surface area contributed by atoms with Crippen LogP contribution in [0.4, 0.5) is 4.39 Å². The van der Waals surface area contributed by atoms with E-state index in [0.29, 0.717) is 7.18 Å². The van der Waals surface area contributed by atoms with E-state index in [1.54, 1.807) is 0 Å². The fraction of sp³-hybridized carbons (Fsp3) is 0.280. The van der Waals surface area contributed by atoms with Gasteiger partial charge in [0.15, 0.2) is 0 Å². The molecule has 0 nitrogen and oxygen atoms in total. The van der Waals surface area contributed by atoms with Crippen LogP contribution < -0.4 is 0 Å². The first kappa shape index (κ1) is 23.6. The van der Waals surface area contributed by atoms with Crippen LogP contribution in [-0.2, 0) is 0 Å². The van der Waals surface area contributed by atoms with Gasteiger partial charge in [-0.1, -0.05) is 66.8 Å². The molecule has 0 saturated carbocycles. The molecule has 0 heterocycles. The van der Waals surface area contributed by atoms with Crippen molar-refractivity contribution >= 4 is 17.2 Å². The van der Waals surface area contributed by atoms with E-state index in [0.717, 1.165) is 11.1 Å². The van der Waals surface area contributed by atoms with Crippen LogP contribution in [0.5, 0.6) is 0 Å². The van der Waals surface area contributed by atoms with Gasteiger partial charge in [0.1, 0.15) is 0 Å². The average Bonchev–Trinajstić information content (AvgIpc) is 2.65. The first-order chi connectivity index (χ1) is 12.4. The fourth-order valence-corrected chi connectivity index (χ4v) is 2.48. The van der Waals surface area contributed by atoms with E-state index in [2.05, 4.69) is 95.0 Å². The van der Waals surface area contributed by atoms with Gasteiger partial charge in [0.05, 0.1) is 7.18 Å². The van der Waals surface area contributed by atoms with Crippen molar-refractivity contribution in [1.29, 1.82) is 0 Å². The number of rotatable bonds is 6. The standard InChI is InChI=1S/C24H30.CH3F/c1-8-11-21(10-3)20(7)24-17-23(16-15-22(24)12-9-2)19(6)14-13-18(4)5;1-2/h8-17H,7H2,1-6H3;1H3/b11-8-,12-9-,19-14+,21-10+;. The number of halogens is 1. The lowest BCUT2D eigenvalue weighted by Crippen LogP contribution is -1.93. The minimum absolute atomic E-state index is 0.500. The van der Waals surface area contributed by atoms with Crippen LogP contribution >= 0.6 is 0 Å². The molecule has 0 aliphatic heterocycles. The van der Waals surface area contributed by atoms with Crippen LogP contribution in [-0.4, -0.2) is 7.18 Å². The molecule has 26 heavy (non-hydrogen) atoms. The third-order valence-electron chi connectivity index (χ3n) is 3.85. The maximum atomic E-state index is 9.50. The summed E-state index contributed by atoms with van der Waals surface area (Å²) in [6, 6.07) is 6.61. The lowest BCUT2D eigenvalue weighted by atomic mass is 9.91. The molecular formula is C25H33F. The van der Waals surface area contributed by atoms with Crippen LogP contribution in [0.25, 0.3) is 17.2 Å². The Morgan fingerprint density at radius 2 is 1.62 bits per heavy atom. The second kappa shape index (κ2) is 12.9. The quantitative estimate of drug-likeness (QED) is 0.452. The molecule has 0 amide bonds. The van der Waals surface area contributed by atoms with E-state index >= 15 is 0 Å². The monoisotopic (exact) mass is 352 g/mol. The summed E-state index contributed by atoms with van der Waals surface area (Å²) >= 11 is 0. The smallest absolute Gasteiger partial charge is 0.0785 e. The highest BCUT2D eigenvalue weighted by molar-refractivity contribution is 5.86. The second-order valence-electron chi connectivity index (χ2n) is 6.12. The van der Waals surface area contributed by atoms with Gasteiger partial charge in [-0.3, -0.25) is 4.39 Å². The topological polar surface area (TPSA) is 0 Å². The second-order valence-corrected chi connectivity index (χ2v) is 6.12. The van der Waals surface area contributed by atoms with E-state index in [4.69, 9.17) is 0 Å². The zero-order valence-corrected chi connectivity index (χ0v) is 17.4. The summed E-state index contributed by atoms with van der Waals surface area (Å²) in [4.78, 5) is 0. The predicted molar refractivity (Wildman–Crippen MR) is 119 cm³/mol. The van der Waals surface area contributed by atoms with Crippen molar-refractivity contribution in [2.45, 2.75) is 41.5 Å². The molecule has 1 heteroatoms. The molecule has 140 valence electrons. The van der Waals surface area contributed by atoms with E-state index in [1.807, 2.05) is 13.8 Å². The van der Waals surface area contributed by atoms with Gasteiger partial charge in [-0.2, -0.15) is 0 Å². The Morgan fingerprint density at radius 1 is 0.962 bits per heavy atom. The van der Waals surface area contributed by atoms with Crippen molar-refractivity contribution in [2.75, 3.05) is 7.18 Å². The molecule has 1 rings (SSSR count). The van der Waals surface area contributed by atoms with Gasteiger partial charge in [0.25, 0.3) is 0 Å². The minimum atomic E-state index is 0.500. The summed E-state index contributed by atoms with van der Waals surface area (Å²) in [6.07, 6.45) is 14.8. The van der Waals surface area contributed by atoms with Crippen molar-refractivity contribution in [3.05, 3.63) is 89.1 Å². The van der Waals surface area contributed by atoms with E-state index in [9.17, 15) is 4.39 Å². The van der Waals surface area contributed by atoms with Crippen molar-refractivity contribution < 1.29 is 4.39 Å². The van der Waals surface area contributed by atoms with Gasteiger partial charge in [0.2, 0.25) is 0 Å². The molecule has 0 saturated heterocycles. The third-order valence-corrected chi connectivity index (χ3v) is 3.85. The Balaban J connectivity index is 0.00000301. The highest BCUT2D eigenvalue weighted by Gasteiger charge is 2.09. The Hall–Kier alpha value is -2.41. The van der Waals surface area contributed by atoms with Crippen LogP contribution in [0.1, 0.15) is 58.2 Å². The molecule has 0 spiro atoms. The number of hydrogen-bond acceptors (Lipinski definition) is 0. The third kappa shape index (κ3) is 7.23.